The van der Waals surface area contributed by atoms with Crippen molar-refractivity contribution >= 4 is 23.5 Å². The molecule has 0 saturated carbocycles. The summed E-state index contributed by atoms with van der Waals surface area (Å²) in [6.07, 6.45) is 3.44. The Balaban J connectivity index is 1.79. The number of rotatable bonds is 9. The van der Waals surface area contributed by atoms with Crippen molar-refractivity contribution < 1.29 is 19.1 Å². The molecule has 0 heterocycles. The van der Waals surface area contributed by atoms with Gasteiger partial charge in [-0.1, -0.05) is 43.7 Å². The fraction of sp³-hybridized carbons (Fsp3) is 0.318. The maximum Gasteiger partial charge on any atom is 0.310 e. The molecule has 0 atom stereocenters. The van der Waals surface area contributed by atoms with Gasteiger partial charge in [0.25, 0.3) is 11.8 Å². The lowest BCUT2D eigenvalue weighted by molar-refractivity contribution is -0.146. The van der Waals surface area contributed by atoms with Crippen molar-refractivity contribution in [3.05, 3.63) is 65.2 Å². The van der Waals surface area contributed by atoms with E-state index in [-0.39, 0.29) is 18.9 Å². The minimum Gasteiger partial charge on any atom is -0.455 e. The Hall–Kier alpha value is -3.15. The molecular weight excluding hydrogens is 356 g/mol. The summed E-state index contributed by atoms with van der Waals surface area (Å²) >= 11 is 0. The third kappa shape index (κ3) is 6.87. The zero-order valence-electron chi connectivity index (χ0n) is 16.3. The van der Waals surface area contributed by atoms with Gasteiger partial charge in [0.05, 0.1) is 6.42 Å². The molecule has 2 aromatic rings. The molecule has 0 saturated heterocycles. The van der Waals surface area contributed by atoms with Gasteiger partial charge >= 0.3 is 5.97 Å². The third-order valence-corrected chi connectivity index (χ3v) is 4.19. The first kappa shape index (κ1) is 21.2. The van der Waals surface area contributed by atoms with Crippen LogP contribution >= 0.6 is 0 Å². The molecule has 0 aromatic heterocycles. The normalized spacial score (nSPS) is 10.2. The first-order valence-corrected chi connectivity index (χ1v) is 9.37. The lowest BCUT2D eigenvalue weighted by Gasteiger charge is -2.08. The molecule has 0 fully saturated rings. The summed E-state index contributed by atoms with van der Waals surface area (Å²) in [5, 5.41) is 5.13. The van der Waals surface area contributed by atoms with E-state index in [1.165, 1.54) is 12.6 Å². The Labute approximate surface area is 165 Å². The van der Waals surface area contributed by atoms with Crippen LogP contribution in [-0.4, -0.2) is 31.4 Å². The van der Waals surface area contributed by atoms with Gasteiger partial charge in [-0.25, -0.2) is 0 Å². The number of amides is 2. The predicted octanol–water partition coefficient (Wildman–Crippen LogP) is 3.11. The number of esters is 1. The van der Waals surface area contributed by atoms with Crippen LogP contribution in [0.15, 0.2) is 48.5 Å². The monoisotopic (exact) mass is 382 g/mol. The highest BCUT2D eigenvalue weighted by atomic mass is 16.5. The van der Waals surface area contributed by atoms with E-state index in [9.17, 15) is 14.4 Å². The highest BCUT2D eigenvalue weighted by Gasteiger charge is 2.10. The summed E-state index contributed by atoms with van der Waals surface area (Å²) in [5.74, 6) is -1.17. The van der Waals surface area contributed by atoms with Gasteiger partial charge in [-0.05, 0) is 42.2 Å². The van der Waals surface area contributed by atoms with E-state index < -0.39 is 11.9 Å². The predicted molar refractivity (Wildman–Crippen MR) is 108 cm³/mol. The molecule has 0 aliphatic carbocycles. The van der Waals surface area contributed by atoms with Crippen molar-refractivity contribution in [2.45, 2.75) is 32.6 Å². The smallest absolute Gasteiger partial charge is 0.310 e. The number of carbonyl (C=O) groups is 3. The summed E-state index contributed by atoms with van der Waals surface area (Å²) in [4.78, 5) is 35.5. The first-order chi connectivity index (χ1) is 13.5. The molecule has 0 unspecified atom stereocenters. The number of ether oxygens (including phenoxy) is 1. The van der Waals surface area contributed by atoms with Gasteiger partial charge in [-0.3, -0.25) is 14.4 Å². The van der Waals surface area contributed by atoms with E-state index in [4.69, 9.17) is 4.74 Å². The zero-order valence-corrected chi connectivity index (χ0v) is 16.3. The largest absolute Gasteiger partial charge is 0.455 e. The van der Waals surface area contributed by atoms with Crippen molar-refractivity contribution in [1.29, 1.82) is 0 Å². The van der Waals surface area contributed by atoms with Crippen molar-refractivity contribution in [1.82, 2.24) is 5.32 Å². The van der Waals surface area contributed by atoms with Gasteiger partial charge < -0.3 is 15.4 Å². The molecule has 2 rings (SSSR count). The molecule has 0 aliphatic heterocycles. The van der Waals surface area contributed by atoms with Crippen molar-refractivity contribution in [3.8, 4) is 0 Å². The molecule has 28 heavy (non-hydrogen) atoms. The lowest BCUT2D eigenvalue weighted by atomic mass is 10.1. The number of hydrogen-bond acceptors (Lipinski definition) is 4. The number of carbonyl (C=O) groups excluding carboxylic acids is 3. The molecule has 0 spiro atoms. The summed E-state index contributed by atoms with van der Waals surface area (Å²) < 4.78 is 5.04. The van der Waals surface area contributed by atoms with Gasteiger partial charge in [0.2, 0.25) is 0 Å². The van der Waals surface area contributed by atoms with Crippen LogP contribution in [0.3, 0.4) is 0 Å². The standard InChI is InChI=1S/C22H26N2O4/c1-3-4-6-16-9-11-17(12-10-16)13-21(26)28-15-20(25)24-19-8-5-7-18(14-19)22(27)23-2/h5,7-12,14H,3-4,6,13,15H2,1-2H3,(H,23,27)(H,24,25). The maximum absolute atomic E-state index is 12.0. The van der Waals surface area contributed by atoms with E-state index in [1.54, 1.807) is 24.3 Å². The summed E-state index contributed by atoms with van der Waals surface area (Å²) in [6.45, 7) is 1.77. The molecule has 148 valence electrons. The molecule has 0 bridgehead atoms. The molecule has 6 heteroatoms. The molecule has 6 nitrogen and oxygen atoms in total. The van der Waals surface area contributed by atoms with Crippen molar-refractivity contribution in [3.63, 3.8) is 0 Å². The quantitative estimate of drug-likeness (QED) is 0.653. The van der Waals surface area contributed by atoms with Crippen molar-refractivity contribution in [2.24, 2.45) is 0 Å². The lowest BCUT2D eigenvalue weighted by Crippen LogP contribution is -2.22. The second-order valence-corrected chi connectivity index (χ2v) is 6.47. The maximum atomic E-state index is 12.0. The SMILES string of the molecule is CCCCc1ccc(CC(=O)OCC(=O)Nc2cccc(C(=O)NC)c2)cc1. The van der Waals surface area contributed by atoms with Crippen LogP contribution in [0.25, 0.3) is 0 Å². The van der Waals surface area contributed by atoms with Gasteiger partial charge in [0.1, 0.15) is 0 Å². The van der Waals surface area contributed by atoms with Crippen LogP contribution < -0.4 is 10.6 Å². The van der Waals surface area contributed by atoms with Crippen LogP contribution in [0, 0.1) is 0 Å². The van der Waals surface area contributed by atoms with Gasteiger partial charge in [0, 0.05) is 18.3 Å². The Morgan fingerprint density at radius 2 is 1.71 bits per heavy atom. The molecule has 0 radical (unpaired) electrons. The summed E-state index contributed by atoms with van der Waals surface area (Å²) in [5.41, 5.74) is 2.99. The highest BCUT2D eigenvalue weighted by molar-refractivity contribution is 5.97. The van der Waals surface area contributed by atoms with Crippen LogP contribution in [-0.2, 0) is 27.2 Å². The topological polar surface area (TPSA) is 84.5 Å². The van der Waals surface area contributed by atoms with Crippen LogP contribution in [0.5, 0.6) is 0 Å². The molecule has 0 aliphatic rings. The molecule has 2 amide bonds. The average Bonchev–Trinajstić information content (AvgIpc) is 2.71. The van der Waals surface area contributed by atoms with E-state index in [2.05, 4.69) is 17.6 Å². The summed E-state index contributed by atoms with van der Waals surface area (Å²) in [7, 11) is 1.53. The van der Waals surface area contributed by atoms with E-state index in [0.29, 0.717) is 11.3 Å². The summed E-state index contributed by atoms with van der Waals surface area (Å²) in [6, 6.07) is 14.4. The molecular formula is C22H26N2O4. The Morgan fingerprint density at radius 1 is 1.00 bits per heavy atom. The number of anilines is 1. The van der Waals surface area contributed by atoms with Crippen LogP contribution in [0.4, 0.5) is 5.69 Å². The molecule has 2 N–H and O–H groups in total. The van der Waals surface area contributed by atoms with Gasteiger partial charge in [-0.2, -0.15) is 0 Å². The van der Waals surface area contributed by atoms with Gasteiger partial charge in [-0.15, -0.1) is 0 Å². The second-order valence-electron chi connectivity index (χ2n) is 6.47. The van der Waals surface area contributed by atoms with E-state index in [1.807, 2.05) is 24.3 Å². The fourth-order valence-electron chi connectivity index (χ4n) is 2.65. The fourth-order valence-corrected chi connectivity index (χ4v) is 2.65. The minimum atomic E-state index is -0.462. The van der Waals surface area contributed by atoms with E-state index >= 15 is 0 Å². The second kappa shape index (κ2) is 10.9. The van der Waals surface area contributed by atoms with Crippen LogP contribution in [0.2, 0.25) is 0 Å². The molecule has 2 aromatic carbocycles. The minimum absolute atomic E-state index is 0.119. The number of aryl methyl sites for hydroxylation is 1. The Kier molecular flexibility index (Phi) is 8.21. The Morgan fingerprint density at radius 3 is 2.39 bits per heavy atom. The van der Waals surface area contributed by atoms with E-state index in [0.717, 1.165) is 24.8 Å². The number of nitrogens with one attached hydrogen (secondary N) is 2. The zero-order chi connectivity index (χ0) is 20.4. The first-order valence-electron chi connectivity index (χ1n) is 9.37. The Bertz CT molecular complexity index is 816. The van der Waals surface area contributed by atoms with Crippen LogP contribution in [0.1, 0.15) is 41.3 Å². The average molecular weight is 382 g/mol. The number of hydrogen-bond donors (Lipinski definition) is 2. The van der Waals surface area contributed by atoms with Crippen molar-refractivity contribution in [2.75, 3.05) is 19.0 Å². The number of benzene rings is 2. The number of unbranched alkanes of at least 4 members (excludes halogenated alkanes) is 1. The highest BCUT2D eigenvalue weighted by Crippen LogP contribution is 2.11. The third-order valence-electron chi connectivity index (χ3n) is 4.19. The van der Waals surface area contributed by atoms with Gasteiger partial charge in [0.15, 0.2) is 6.61 Å².